The summed E-state index contributed by atoms with van der Waals surface area (Å²) in [7, 11) is 0. The molecule has 0 aromatic carbocycles. The Kier molecular flexibility index (Phi) is 5.07. The Balaban J connectivity index is 2.36. The molecule has 1 heterocycles. The Bertz CT molecular complexity index is 331. The molecule has 0 spiro atoms. The van der Waals surface area contributed by atoms with Crippen LogP contribution in [0.5, 0.6) is 0 Å². The lowest BCUT2D eigenvalue weighted by atomic mass is 10.3. The maximum Gasteiger partial charge on any atom is 0.306 e. The number of halogens is 1. The first-order chi connectivity index (χ1) is 7.08. The molecule has 1 unspecified atom stereocenters. The summed E-state index contributed by atoms with van der Waals surface area (Å²) in [6.07, 6.45) is 0.591. The standard InChI is InChI=1S/C9H10BrNO3S/c10-6-1-2-8(11-4-6)15-5-7(12)3-9(13)14/h1-2,4,7,12H,3,5H2,(H,13,14). The molecule has 0 fully saturated rings. The minimum absolute atomic E-state index is 0.233. The lowest BCUT2D eigenvalue weighted by molar-refractivity contribution is -0.138. The molecular weight excluding hydrogens is 282 g/mol. The van der Waals surface area contributed by atoms with Gasteiger partial charge >= 0.3 is 5.97 Å². The summed E-state index contributed by atoms with van der Waals surface area (Å²) in [5.74, 6) is -0.659. The van der Waals surface area contributed by atoms with Crippen LogP contribution in [0.15, 0.2) is 27.8 Å². The summed E-state index contributed by atoms with van der Waals surface area (Å²) in [6.45, 7) is 0. The molecule has 0 aliphatic rings. The van der Waals surface area contributed by atoms with Crippen molar-refractivity contribution >= 4 is 33.7 Å². The number of carboxylic acids is 1. The van der Waals surface area contributed by atoms with E-state index in [-0.39, 0.29) is 6.42 Å². The fourth-order valence-electron chi connectivity index (χ4n) is 0.890. The van der Waals surface area contributed by atoms with Crippen LogP contribution < -0.4 is 0 Å². The summed E-state index contributed by atoms with van der Waals surface area (Å²) < 4.78 is 0.887. The van der Waals surface area contributed by atoms with Gasteiger partial charge in [-0.05, 0) is 28.1 Å². The van der Waals surface area contributed by atoms with E-state index in [1.54, 1.807) is 6.20 Å². The second kappa shape index (κ2) is 6.09. The molecule has 0 amide bonds. The minimum Gasteiger partial charge on any atom is -0.481 e. The number of aliphatic hydroxyl groups is 1. The van der Waals surface area contributed by atoms with Crippen molar-refractivity contribution in [2.45, 2.75) is 17.6 Å². The molecule has 0 aliphatic carbocycles. The van der Waals surface area contributed by atoms with Gasteiger partial charge in [-0.2, -0.15) is 0 Å². The minimum atomic E-state index is -0.994. The summed E-state index contributed by atoms with van der Waals surface area (Å²) in [4.78, 5) is 14.4. The summed E-state index contributed by atoms with van der Waals surface area (Å²) in [5.41, 5.74) is 0. The van der Waals surface area contributed by atoms with Crippen molar-refractivity contribution in [1.29, 1.82) is 0 Å². The predicted molar refractivity (Wildman–Crippen MR) is 60.9 cm³/mol. The number of hydrogen-bond acceptors (Lipinski definition) is 4. The molecule has 0 aliphatic heterocycles. The Morgan fingerprint density at radius 3 is 2.87 bits per heavy atom. The van der Waals surface area contributed by atoms with Crippen molar-refractivity contribution in [1.82, 2.24) is 4.98 Å². The summed E-state index contributed by atoms with van der Waals surface area (Å²) in [5, 5.41) is 18.5. The van der Waals surface area contributed by atoms with Gasteiger partial charge < -0.3 is 10.2 Å². The van der Waals surface area contributed by atoms with Gasteiger partial charge in [0, 0.05) is 16.4 Å². The Hall–Kier alpha value is -0.590. The van der Waals surface area contributed by atoms with Crippen LogP contribution in [0, 0.1) is 0 Å². The van der Waals surface area contributed by atoms with Crippen LogP contribution >= 0.6 is 27.7 Å². The van der Waals surface area contributed by atoms with Gasteiger partial charge in [0.1, 0.15) is 0 Å². The molecule has 1 rings (SSSR count). The zero-order valence-electron chi connectivity index (χ0n) is 7.76. The van der Waals surface area contributed by atoms with Crippen molar-refractivity contribution in [2.75, 3.05) is 5.75 Å². The molecule has 82 valence electrons. The van der Waals surface area contributed by atoms with E-state index < -0.39 is 12.1 Å². The second-order valence-corrected chi connectivity index (χ2v) is 4.83. The number of aromatic nitrogens is 1. The second-order valence-electron chi connectivity index (χ2n) is 2.88. The normalized spacial score (nSPS) is 12.4. The molecule has 4 nitrogen and oxygen atoms in total. The Morgan fingerprint density at radius 1 is 1.60 bits per heavy atom. The van der Waals surface area contributed by atoms with Crippen molar-refractivity contribution in [3.63, 3.8) is 0 Å². The molecule has 0 saturated carbocycles. The third-order valence-corrected chi connectivity index (χ3v) is 3.09. The fourth-order valence-corrected chi connectivity index (χ4v) is 1.90. The third kappa shape index (κ3) is 5.15. The number of carboxylic acid groups (broad SMARTS) is 1. The predicted octanol–water partition coefficient (Wildman–Crippen LogP) is 1.77. The topological polar surface area (TPSA) is 70.4 Å². The quantitative estimate of drug-likeness (QED) is 0.809. The molecular formula is C9H10BrNO3S. The SMILES string of the molecule is O=C(O)CC(O)CSc1ccc(Br)cn1. The van der Waals surface area contributed by atoms with E-state index in [1.807, 2.05) is 12.1 Å². The zero-order chi connectivity index (χ0) is 11.3. The molecule has 0 radical (unpaired) electrons. The molecule has 6 heteroatoms. The number of aliphatic carboxylic acids is 1. The van der Waals surface area contributed by atoms with E-state index in [0.717, 1.165) is 9.50 Å². The van der Waals surface area contributed by atoms with Gasteiger partial charge in [0.25, 0.3) is 0 Å². The number of pyridine rings is 1. The van der Waals surface area contributed by atoms with Gasteiger partial charge in [0.2, 0.25) is 0 Å². The average molecular weight is 292 g/mol. The molecule has 1 aromatic rings. The van der Waals surface area contributed by atoms with E-state index in [2.05, 4.69) is 20.9 Å². The van der Waals surface area contributed by atoms with Crippen LogP contribution in [-0.4, -0.2) is 33.0 Å². The highest BCUT2D eigenvalue weighted by molar-refractivity contribution is 9.10. The molecule has 0 bridgehead atoms. The van der Waals surface area contributed by atoms with Crippen molar-refractivity contribution in [2.24, 2.45) is 0 Å². The van der Waals surface area contributed by atoms with E-state index in [9.17, 15) is 9.90 Å². The Labute approximate surface area is 99.9 Å². The highest BCUT2D eigenvalue weighted by Crippen LogP contribution is 2.18. The van der Waals surface area contributed by atoms with Crippen LogP contribution in [0.1, 0.15) is 6.42 Å². The highest BCUT2D eigenvalue weighted by Gasteiger charge is 2.09. The van der Waals surface area contributed by atoms with Crippen LogP contribution in [-0.2, 0) is 4.79 Å². The number of rotatable bonds is 5. The molecule has 0 saturated heterocycles. The first-order valence-electron chi connectivity index (χ1n) is 4.22. The van der Waals surface area contributed by atoms with Crippen LogP contribution in [0.25, 0.3) is 0 Å². The fraction of sp³-hybridized carbons (Fsp3) is 0.333. The van der Waals surface area contributed by atoms with Gasteiger partial charge in [-0.25, -0.2) is 4.98 Å². The summed E-state index contributed by atoms with van der Waals surface area (Å²) in [6, 6.07) is 3.65. The lowest BCUT2D eigenvalue weighted by Gasteiger charge is -2.06. The first-order valence-corrected chi connectivity index (χ1v) is 6.00. The number of thioether (sulfide) groups is 1. The average Bonchev–Trinajstić information content (AvgIpc) is 2.16. The van der Waals surface area contributed by atoms with Gasteiger partial charge in [-0.3, -0.25) is 4.79 Å². The largest absolute Gasteiger partial charge is 0.481 e. The highest BCUT2D eigenvalue weighted by atomic mass is 79.9. The van der Waals surface area contributed by atoms with Crippen molar-refractivity contribution in [3.8, 4) is 0 Å². The zero-order valence-corrected chi connectivity index (χ0v) is 10.2. The molecule has 15 heavy (non-hydrogen) atoms. The Morgan fingerprint density at radius 2 is 2.33 bits per heavy atom. The lowest BCUT2D eigenvalue weighted by Crippen LogP contribution is -2.15. The first kappa shape index (κ1) is 12.5. The maximum absolute atomic E-state index is 10.3. The van der Waals surface area contributed by atoms with Crippen molar-refractivity contribution in [3.05, 3.63) is 22.8 Å². The smallest absolute Gasteiger partial charge is 0.306 e. The maximum atomic E-state index is 10.3. The monoisotopic (exact) mass is 291 g/mol. The van der Waals surface area contributed by atoms with Gasteiger partial charge in [-0.1, -0.05) is 0 Å². The number of hydrogen-bond donors (Lipinski definition) is 2. The summed E-state index contributed by atoms with van der Waals surface area (Å²) >= 11 is 4.59. The molecule has 1 aromatic heterocycles. The van der Waals surface area contributed by atoms with E-state index in [4.69, 9.17) is 5.11 Å². The van der Waals surface area contributed by atoms with E-state index in [0.29, 0.717) is 5.75 Å². The third-order valence-electron chi connectivity index (χ3n) is 1.53. The van der Waals surface area contributed by atoms with Gasteiger partial charge in [0.15, 0.2) is 0 Å². The number of carbonyl (C=O) groups is 1. The molecule has 1 atom stereocenters. The van der Waals surface area contributed by atoms with Gasteiger partial charge in [0.05, 0.1) is 17.6 Å². The van der Waals surface area contributed by atoms with E-state index in [1.165, 1.54) is 11.8 Å². The van der Waals surface area contributed by atoms with Crippen LogP contribution in [0.4, 0.5) is 0 Å². The van der Waals surface area contributed by atoms with Crippen molar-refractivity contribution < 1.29 is 15.0 Å². The molecule has 2 N–H and O–H groups in total. The number of nitrogens with zero attached hydrogens (tertiary/aromatic N) is 1. The van der Waals surface area contributed by atoms with Gasteiger partial charge in [-0.15, -0.1) is 11.8 Å². The van der Waals surface area contributed by atoms with Crippen LogP contribution in [0.3, 0.4) is 0 Å². The van der Waals surface area contributed by atoms with E-state index >= 15 is 0 Å². The number of aliphatic hydroxyl groups excluding tert-OH is 1. The van der Waals surface area contributed by atoms with Crippen LogP contribution in [0.2, 0.25) is 0 Å².